The fourth-order valence-electron chi connectivity index (χ4n) is 1.50. The quantitative estimate of drug-likeness (QED) is 0.693. The fraction of sp³-hybridized carbons (Fsp3) is 0.500. The molecular weight excluding hydrogens is 188 g/mol. The van der Waals surface area contributed by atoms with E-state index in [0.717, 1.165) is 18.4 Å². The summed E-state index contributed by atoms with van der Waals surface area (Å²) in [6.07, 6.45) is 7.75. The Hall–Kier alpha value is -1.38. The van der Waals surface area contributed by atoms with Crippen LogP contribution in [0, 0.1) is 0 Å². The van der Waals surface area contributed by atoms with Gasteiger partial charge in [-0.25, -0.2) is 0 Å². The van der Waals surface area contributed by atoms with E-state index in [1.165, 1.54) is 5.57 Å². The van der Waals surface area contributed by atoms with Crippen LogP contribution in [0.2, 0.25) is 0 Å². The average Bonchev–Trinajstić information content (AvgIpc) is 2.60. The molecule has 3 heteroatoms. The summed E-state index contributed by atoms with van der Waals surface area (Å²) in [6, 6.07) is 0. The molecule has 0 unspecified atom stereocenters. The van der Waals surface area contributed by atoms with Gasteiger partial charge in [-0.05, 0) is 24.5 Å². The number of nitrogens with zero attached hydrogens (tertiary/aromatic N) is 2. The first-order valence-corrected chi connectivity index (χ1v) is 5.35. The minimum absolute atomic E-state index is 0.168. The molecule has 0 saturated heterocycles. The normalized spacial score (nSPS) is 10.1. The molecule has 0 aliphatic rings. The maximum Gasteiger partial charge on any atom is 0.160 e. The van der Waals surface area contributed by atoms with Gasteiger partial charge in [-0.1, -0.05) is 19.4 Å². The Morgan fingerprint density at radius 2 is 2.13 bits per heavy atom. The molecule has 1 rings (SSSR count). The summed E-state index contributed by atoms with van der Waals surface area (Å²) in [4.78, 5) is 11.6. The largest absolute Gasteiger partial charge is 0.294 e. The van der Waals surface area contributed by atoms with Crippen LogP contribution >= 0.6 is 0 Å². The van der Waals surface area contributed by atoms with Crippen LogP contribution in [-0.4, -0.2) is 15.6 Å². The van der Waals surface area contributed by atoms with Gasteiger partial charge in [-0.2, -0.15) is 5.10 Å². The van der Waals surface area contributed by atoms with E-state index >= 15 is 0 Å². The van der Waals surface area contributed by atoms with Gasteiger partial charge in [0.25, 0.3) is 0 Å². The first-order chi connectivity index (χ1) is 7.15. The van der Waals surface area contributed by atoms with Crippen LogP contribution in [-0.2, 0) is 18.3 Å². The molecule has 3 nitrogen and oxygen atoms in total. The Kier molecular flexibility index (Phi) is 4.28. The smallest absolute Gasteiger partial charge is 0.160 e. The number of aryl methyl sites for hydroxylation is 1. The van der Waals surface area contributed by atoms with Crippen LogP contribution in [0.3, 0.4) is 0 Å². The number of rotatable bonds is 5. The van der Waals surface area contributed by atoms with Crippen LogP contribution < -0.4 is 0 Å². The number of allylic oxidation sites excluding steroid dienone is 2. The van der Waals surface area contributed by atoms with Crippen molar-refractivity contribution in [1.29, 1.82) is 0 Å². The lowest BCUT2D eigenvalue weighted by atomic mass is 10.1. The van der Waals surface area contributed by atoms with Crippen LogP contribution in [0.5, 0.6) is 0 Å². The van der Waals surface area contributed by atoms with Crippen molar-refractivity contribution in [3.05, 3.63) is 29.6 Å². The van der Waals surface area contributed by atoms with E-state index in [-0.39, 0.29) is 5.78 Å². The van der Waals surface area contributed by atoms with Crippen LogP contribution in [0.25, 0.3) is 0 Å². The van der Waals surface area contributed by atoms with Gasteiger partial charge in [0.05, 0.1) is 6.20 Å². The molecule has 0 fully saturated rings. The lowest BCUT2D eigenvalue weighted by Crippen LogP contribution is -1.99. The summed E-state index contributed by atoms with van der Waals surface area (Å²) in [5.74, 6) is 0.168. The first kappa shape index (κ1) is 11.7. The molecule has 82 valence electrons. The predicted molar refractivity (Wildman–Crippen MR) is 60.6 cm³/mol. The zero-order valence-electron chi connectivity index (χ0n) is 9.66. The van der Waals surface area contributed by atoms with Gasteiger partial charge in [0, 0.05) is 19.7 Å². The van der Waals surface area contributed by atoms with Gasteiger partial charge in [-0.3, -0.25) is 9.48 Å². The molecular formula is C12H18N2O. The molecule has 0 spiro atoms. The second-order valence-electron chi connectivity index (χ2n) is 3.68. The Morgan fingerprint density at radius 3 is 2.60 bits per heavy atom. The summed E-state index contributed by atoms with van der Waals surface area (Å²) in [5.41, 5.74) is 2.19. The van der Waals surface area contributed by atoms with Gasteiger partial charge in [0.15, 0.2) is 5.78 Å². The number of hydrogen-bond donors (Lipinski definition) is 0. The van der Waals surface area contributed by atoms with Gasteiger partial charge >= 0.3 is 0 Å². The second-order valence-corrected chi connectivity index (χ2v) is 3.68. The Morgan fingerprint density at radius 1 is 1.47 bits per heavy atom. The predicted octanol–water partition coefficient (Wildman–Crippen LogP) is 2.28. The Bertz CT molecular complexity index is 357. The summed E-state index contributed by atoms with van der Waals surface area (Å²) < 4.78 is 1.72. The van der Waals surface area contributed by atoms with Gasteiger partial charge < -0.3 is 0 Å². The first-order valence-electron chi connectivity index (χ1n) is 5.35. The third kappa shape index (κ3) is 3.70. The fourth-order valence-corrected chi connectivity index (χ4v) is 1.50. The molecule has 1 aromatic rings. The number of ketones is 1. The minimum Gasteiger partial charge on any atom is -0.294 e. The topological polar surface area (TPSA) is 34.9 Å². The van der Waals surface area contributed by atoms with Crippen molar-refractivity contribution in [3.63, 3.8) is 0 Å². The van der Waals surface area contributed by atoms with Crippen molar-refractivity contribution >= 4 is 5.78 Å². The maximum atomic E-state index is 11.6. The second kappa shape index (κ2) is 5.49. The third-order valence-electron chi connectivity index (χ3n) is 2.41. The Balaban J connectivity index is 2.60. The number of aromatic nitrogens is 2. The molecule has 0 aliphatic heterocycles. The molecule has 0 bridgehead atoms. The van der Waals surface area contributed by atoms with Crippen molar-refractivity contribution in [1.82, 2.24) is 9.78 Å². The number of hydrogen-bond acceptors (Lipinski definition) is 2. The van der Waals surface area contributed by atoms with E-state index in [1.807, 2.05) is 13.2 Å². The van der Waals surface area contributed by atoms with E-state index in [2.05, 4.69) is 18.9 Å². The molecule has 1 aromatic heterocycles. The lowest BCUT2D eigenvalue weighted by Gasteiger charge is -1.98. The molecule has 0 N–H and O–H groups in total. The Labute approximate surface area is 90.8 Å². The van der Waals surface area contributed by atoms with Crippen LogP contribution in [0.1, 0.15) is 32.3 Å². The summed E-state index contributed by atoms with van der Waals surface area (Å²) in [5, 5.41) is 4.03. The van der Waals surface area contributed by atoms with E-state index < -0.39 is 0 Å². The molecule has 15 heavy (non-hydrogen) atoms. The minimum atomic E-state index is 0.168. The van der Waals surface area contributed by atoms with Gasteiger partial charge in [0.1, 0.15) is 0 Å². The molecule has 0 aliphatic carbocycles. The molecule has 0 radical (unpaired) electrons. The standard InChI is InChI=1S/C12H18N2O/c1-4-10(5-2)6-12(15)7-11-8-13-14(3)9-11/h6,8-9H,4-5,7H2,1-3H3. The van der Waals surface area contributed by atoms with Crippen molar-refractivity contribution in [2.45, 2.75) is 33.1 Å². The van der Waals surface area contributed by atoms with E-state index in [4.69, 9.17) is 0 Å². The number of carbonyl (C=O) groups excluding carboxylic acids is 1. The molecule has 0 atom stereocenters. The highest BCUT2D eigenvalue weighted by Crippen LogP contribution is 2.07. The van der Waals surface area contributed by atoms with E-state index in [1.54, 1.807) is 17.0 Å². The summed E-state index contributed by atoms with van der Waals surface area (Å²) in [6.45, 7) is 4.15. The van der Waals surface area contributed by atoms with Crippen molar-refractivity contribution in [3.8, 4) is 0 Å². The van der Waals surface area contributed by atoms with Gasteiger partial charge in [-0.15, -0.1) is 0 Å². The van der Waals surface area contributed by atoms with E-state index in [0.29, 0.717) is 6.42 Å². The van der Waals surface area contributed by atoms with Crippen LogP contribution in [0.4, 0.5) is 0 Å². The maximum absolute atomic E-state index is 11.6. The van der Waals surface area contributed by atoms with Crippen molar-refractivity contribution in [2.24, 2.45) is 7.05 Å². The van der Waals surface area contributed by atoms with Crippen LogP contribution in [0.15, 0.2) is 24.0 Å². The highest BCUT2D eigenvalue weighted by Gasteiger charge is 2.03. The lowest BCUT2D eigenvalue weighted by molar-refractivity contribution is -0.114. The number of carbonyl (C=O) groups is 1. The monoisotopic (exact) mass is 206 g/mol. The van der Waals surface area contributed by atoms with Crippen molar-refractivity contribution in [2.75, 3.05) is 0 Å². The van der Waals surface area contributed by atoms with E-state index in [9.17, 15) is 4.79 Å². The van der Waals surface area contributed by atoms with Crippen molar-refractivity contribution < 1.29 is 4.79 Å². The molecule has 0 saturated carbocycles. The summed E-state index contributed by atoms with van der Waals surface area (Å²) in [7, 11) is 1.85. The molecule has 0 amide bonds. The average molecular weight is 206 g/mol. The molecule has 1 heterocycles. The summed E-state index contributed by atoms with van der Waals surface area (Å²) >= 11 is 0. The SMILES string of the molecule is CCC(=CC(=O)Cc1cnn(C)c1)CC. The zero-order chi connectivity index (χ0) is 11.3. The molecule has 0 aromatic carbocycles. The zero-order valence-corrected chi connectivity index (χ0v) is 9.66. The highest BCUT2D eigenvalue weighted by atomic mass is 16.1. The third-order valence-corrected chi connectivity index (χ3v) is 2.41. The highest BCUT2D eigenvalue weighted by molar-refractivity contribution is 5.91. The van der Waals surface area contributed by atoms with Gasteiger partial charge in [0.2, 0.25) is 0 Å².